The minimum absolute atomic E-state index is 0.627. The monoisotopic (exact) mass is 234 g/mol. The lowest BCUT2D eigenvalue weighted by Crippen LogP contribution is -1.86. The van der Waals surface area contributed by atoms with Gasteiger partial charge in [-0.25, -0.2) is 0 Å². The lowest BCUT2D eigenvalue weighted by Gasteiger charge is -2.06. The molecule has 0 amide bonds. The van der Waals surface area contributed by atoms with Crippen molar-refractivity contribution in [1.82, 2.24) is 0 Å². The summed E-state index contributed by atoms with van der Waals surface area (Å²) in [4.78, 5) is 1.38. The van der Waals surface area contributed by atoms with Gasteiger partial charge in [0.25, 0.3) is 0 Å². The van der Waals surface area contributed by atoms with Crippen LogP contribution in [-0.2, 0) is 0 Å². The number of thioether (sulfide) groups is 1. The summed E-state index contributed by atoms with van der Waals surface area (Å²) >= 11 is 1.94. The van der Waals surface area contributed by atoms with Crippen LogP contribution in [-0.4, -0.2) is 5.75 Å². The van der Waals surface area contributed by atoms with E-state index in [0.717, 1.165) is 6.42 Å². The molecule has 0 aliphatic carbocycles. The maximum atomic E-state index is 3.92. The first kappa shape index (κ1) is 13.4. The average Bonchev–Trinajstić information content (AvgIpc) is 2.25. The first-order chi connectivity index (χ1) is 7.59. The van der Waals surface area contributed by atoms with Gasteiger partial charge in [0.1, 0.15) is 0 Å². The Hall–Kier alpha value is -0.690. The number of hydrogen-bond donors (Lipinski definition) is 0. The second kappa shape index (κ2) is 6.80. The molecule has 0 aliphatic heterocycles. The summed E-state index contributed by atoms with van der Waals surface area (Å²) < 4.78 is 0. The van der Waals surface area contributed by atoms with Crippen LogP contribution in [0.4, 0.5) is 0 Å². The van der Waals surface area contributed by atoms with E-state index < -0.39 is 0 Å². The maximum absolute atomic E-state index is 3.92. The van der Waals surface area contributed by atoms with Gasteiger partial charge in [0, 0.05) is 4.90 Å². The third-order valence-corrected chi connectivity index (χ3v) is 3.66. The van der Waals surface area contributed by atoms with E-state index in [0.29, 0.717) is 5.92 Å². The molecule has 0 spiro atoms. The van der Waals surface area contributed by atoms with E-state index >= 15 is 0 Å². The molecule has 0 heterocycles. The van der Waals surface area contributed by atoms with Crippen molar-refractivity contribution in [3.63, 3.8) is 0 Å². The van der Waals surface area contributed by atoms with E-state index in [-0.39, 0.29) is 0 Å². The highest BCUT2D eigenvalue weighted by Crippen LogP contribution is 2.22. The minimum Gasteiger partial charge on any atom is -0.126 e. The molecule has 0 aliphatic rings. The van der Waals surface area contributed by atoms with E-state index in [4.69, 9.17) is 0 Å². The van der Waals surface area contributed by atoms with Crippen LogP contribution in [0.5, 0.6) is 0 Å². The molecule has 0 fully saturated rings. The standard InChI is InChI=1S/C15H22S/c1-12(2)6-5-11-16-15-9-7-14(8-10-15)13(3)4/h7-10,13H,1,5-6,11H2,2-4H3. The highest BCUT2D eigenvalue weighted by Gasteiger charge is 1.99. The smallest absolute Gasteiger partial charge is 0.00721 e. The maximum Gasteiger partial charge on any atom is 0.00721 e. The molecule has 0 atom stereocenters. The Morgan fingerprint density at radius 1 is 1.25 bits per heavy atom. The fourth-order valence-corrected chi connectivity index (χ4v) is 2.37. The quantitative estimate of drug-likeness (QED) is 0.367. The van der Waals surface area contributed by atoms with Crippen LogP contribution in [0.15, 0.2) is 41.3 Å². The van der Waals surface area contributed by atoms with Crippen molar-refractivity contribution in [2.75, 3.05) is 5.75 Å². The first-order valence-electron chi connectivity index (χ1n) is 5.96. The van der Waals surface area contributed by atoms with Crippen molar-refractivity contribution in [3.05, 3.63) is 42.0 Å². The zero-order chi connectivity index (χ0) is 12.0. The van der Waals surface area contributed by atoms with Crippen molar-refractivity contribution in [2.24, 2.45) is 0 Å². The van der Waals surface area contributed by atoms with Crippen LogP contribution in [0, 0.1) is 0 Å². The van der Waals surface area contributed by atoms with Crippen LogP contribution < -0.4 is 0 Å². The molecule has 0 N–H and O–H groups in total. The Labute approximate surface area is 104 Å². The molecule has 0 aromatic heterocycles. The third-order valence-electron chi connectivity index (χ3n) is 2.56. The second-order valence-corrected chi connectivity index (χ2v) is 5.80. The molecule has 1 heteroatoms. The van der Waals surface area contributed by atoms with Crippen LogP contribution in [0.2, 0.25) is 0 Å². The van der Waals surface area contributed by atoms with Gasteiger partial charge in [-0.2, -0.15) is 0 Å². The van der Waals surface area contributed by atoms with Gasteiger partial charge in [-0.15, -0.1) is 18.3 Å². The molecular weight excluding hydrogens is 212 g/mol. The van der Waals surface area contributed by atoms with Crippen molar-refractivity contribution >= 4 is 11.8 Å². The van der Waals surface area contributed by atoms with Gasteiger partial charge in [-0.05, 0) is 49.1 Å². The molecule has 0 saturated carbocycles. The van der Waals surface area contributed by atoms with E-state index in [2.05, 4.69) is 51.6 Å². The fourth-order valence-electron chi connectivity index (χ4n) is 1.51. The molecule has 0 unspecified atom stereocenters. The van der Waals surface area contributed by atoms with Gasteiger partial charge in [0.05, 0.1) is 0 Å². The number of hydrogen-bond acceptors (Lipinski definition) is 1. The van der Waals surface area contributed by atoms with Gasteiger partial charge < -0.3 is 0 Å². The van der Waals surface area contributed by atoms with Gasteiger partial charge in [-0.3, -0.25) is 0 Å². The number of allylic oxidation sites excluding steroid dienone is 1. The molecular formula is C15H22S. The third kappa shape index (κ3) is 4.89. The zero-order valence-corrected chi connectivity index (χ0v) is 11.4. The predicted octanol–water partition coefficient (Wildman–Crippen LogP) is 5.26. The van der Waals surface area contributed by atoms with Crippen molar-refractivity contribution in [1.29, 1.82) is 0 Å². The zero-order valence-electron chi connectivity index (χ0n) is 10.6. The van der Waals surface area contributed by atoms with Crippen LogP contribution in [0.3, 0.4) is 0 Å². The molecule has 0 saturated heterocycles. The minimum atomic E-state index is 0.627. The summed E-state index contributed by atoms with van der Waals surface area (Å²) in [6, 6.07) is 8.96. The van der Waals surface area contributed by atoms with E-state index in [1.54, 1.807) is 0 Å². The van der Waals surface area contributed by atoms with Gasteiger partial charge in [-0.1, -0.05) is 31.6 Å². The van der Waals surface area contributed by atoms with Crippen molar-refractivity contribution in [2.45, 2.75) is 44.4 Å². The Kier molecular flexibility index (Phi) is 5.68. The largest absolute Gasteiger partial charge is 0.126 e. The molecule has 0 bridgehead atoms. The van der Waals surface area contributed by atoms with Crippen LogP contribution in [0.25, 0.3) is 0 Å². The molecule has 1 aromatic rings. The summed E-state index contributed by atoms with van der Waals surface area (Å²) in [7, 11) is 0. The summed E-state index contributed by atoms with van der Waals surface area (Å²) in [6.45, 7) is 10.5. The van der Waals surface area contributed by atoms with Gasteiger partial charge >= 0.3 is 0 Å². The lowest BCUT2D eigenvalue weighted by atomic mass is 10.0. The van der Waals surface area contributed by atoms with Crippen molar-refractivity contribution in [3.8, 4) is 0 Å². The summed E-state index contributed by atoms with van der Waals surface area (Å²) in [5, 5.41) is 0. The normalized spacial score (nSPS) is 10.8. The number of benzene rings is 1. The SMILES string of the molecule is C=C(C)CCCSc1ccc(C(C)C)cc1. The molecule has 1 rings (SSSR count). The Morgan fingerprint density at radius 3 is 2.38 bits per heavy atom. The lowest BCUT2D eigenvalue weighted by molar-refractivity contribution is 0.864. The molecule has 0 radical (unpaired) electrons. The highest BCUT2D eigenvalue weighted by atomic mass is 32.2. The Balaban J connectivity index is 2.35. The highest BCUT2D eigenvalue weighted by molar-refractivity contribution is 7.99. The van der Waals surface area contributed by atoms with E-state index in [9.17, 15) is 0 Å². The van der Waals surface area contributed by atoms with E-state index in [1.807, 2.05) is 11.8 Å². The summed E-state index contributed by atoms with van der Waals surface area (Å²) in [6.07, 6.45) is 2.38. The van der Waals surface area contributed by atoms with Crippen molar-refractivity contribution < 1.29 is 0 Å². The van der Waals surface area contributed by atoms with Crippen LogP contribution >= 0.6 is 11.8 Å². The Bertz CT molecular complexity index is 322. The predicted molar refractivity (Wildman–Crippen MR) is 75.3 cm³/mol. The first-order valence-corrected chi connectivity index (χ1v) is 6.95. The van der Waals surface area contributed by atoms with E-state index in [1.165, 1.54) is 28.2 Å². The fraction of sp³-hybridized carbons (Fsp3) is 0.467. The molecule has 0 nitrogen and oxygen atoms in total. The summed E-state index contributed by atoms with van der Waals surface area (Å²) in [5.41, 5.74) is 2.71. The van der Waals surface area contributed by atoms with Crippen LogP contribution in [0.1, 0.15) is 45.1 Å². The molecule has 1 aromatic carbocycles. The topological polar surface area (TPSA) is 0 Å². The van der Waals surface area contributed by atoms with Gasteiger partial charge in [0.15, 0.2) is 0 Å². The number of rotatable bonds is 6. The molecule has 16 heavy (non-hydrogen) atoms. The molecule has 88 valence electrons. The second-order valence-electron chi connectivity index (χ2n) is 4.63. The summed E-state index contributed by atoms with van der Waals surface area (Å²) in [5.74, 6) is 1.82. The average molecular weight is 234 g/mol. The Morgan fingerprint density at radius 2 is 1.88 bits per heavy atom. The van der Waals surface area contributed by atoms with Gasteiger partial charge in [0.2, 0.25) is 0 Å².